The summed E-state index contributed by atoms with van der Waals surface area (Å²) in [6, 6.07) is 50.8. The lowest BCUT2D eigenvalue weighted by Gasteiger charge is -2.13. The summed E-state index contributed by atoms with van der Waals surface area (Å²) in [5.41, 5.74) is 11.9. The predicted octanol–water partition coefficient (Wildman–Crippen LogP) is 8.86. The zero-order valence-electron chi connectivity index (χ0n) is 26.0. The van der Waals surface area contributed by atoms with Gasteiger partial charge in [-0.2, -0.15) is 9.13 Å². The molecule has 3 nitrogen and oxygen atoms in total. The summed E-state index contributed by atoms with van der Waals surface area (Å²) in [6.07, 6.45) is 8.96. The highest BCUT2D eigenvalue weighted by molar-refractivity contribution is 7.25. The molecule has 5 heterocycles. The molecule has 0 N–H and O–H groups in total. The van der Waals surface area contributed by atoms with Gasteiger partial charge in [0.2, 0.25) is 22.8 Å². The minimum Gasteiger partial charge on any atom is -0.201 e. The fraction of sp³-hybridized carbons (Fsp3) is 0.0465. The van der Waals surface area contributed by atoms with Gasteiger partial charge in [0.25, 0.3) is 0 Å². The van der Waals surface area contributed by atoms with Gasteiger partial charge in [-0.15, -0.1) is 11.3 Å². The topological polar surface area (TPSA) is 11.6 Å². The Morgan fingerprint density at radius 1 is 0.511 bits per heavy atom. The number of pyridine rings is 3. The number of rotatable bonds is 2. The van der Waals surface area contributed by atoms with Gasteiger partial charge in [0.15, 0.2) is 25.1 Å². The van der Waals surface area contributed by atoms with Crippen molar-refractivity contribution in [3.63, 3.8) is 0 Å². The highest BCUT2D eigenvalue weighted by atomic mass is 32.1. The van der Waals surface area contributed by atoms with Gasteiger partial charge in [-0.3, -0.25) is 0 Å². The first-order chi connectivity index (χ1) is 23.2. The molecule has 0 aliphatic carbocycles. The SMILES string of the molecule is C[n+]1ccccc1-c1cc2sc3ccccc3c2cc1C1=Cc2ccccc2-c2cccc[n+]2Cc2ccccc2-c2cccc[n+]21. The maximum absolute atomic E-state index is 2.43. The molecule has 1 aliphatic heterocycles. The Morgan fingerprint density at radius 2 is 1.21 bits per heavy atom. The third kappa shape index (κ3) is 4.68. The van der Waals surface area contributed by atoms with E-state index in [-0.39, 0.29) is 0 Å². The van der Waals surface area contributed by atoms with Crippen molar-refractivity contribution in [1.82, 2.24) is 0 Å². The average molecular weight is 623 g/mol. The zero-order valence-corrected chi connectivity index (χ0v) is 26.9. The standard InChI is InChI=1S/C43H32N3S/c1-44-23-11-8-19-38(44)36-28-43-37(34-18-6-7-22-42(34)47-43)27-35(36)41-26-30-14-2-4-16-32(30)39-20-9-12-24-45(39)29-31-15-3-5-17-33(31)40-21-10-13-25-46(40)41/h2-28H,29H2,1H3/q+3. The Hall–Kier alpha value is -5.71. The van der Waals surface area contributed by atoms with E-state index in [0.717, 1.165) is 17.9 Å². The maximum Gasteiger partial charge on any atom is 0.219 e. The Morgan fingerprint density at radius 3 is 2.11 bits per heavy atom. The van der Waals surface area contributed by atoms with E-state index in [1.165, 1.54) is 64.9 Å². The van der Waals surface area contributed by atoms with Gasteiger partial charge < -0.3 is 0 Å². The normalized spacial score (nSPS) is 12.4. The first-order valence-corrected chi connectivity index (χ1v) is 16.8. The third-order valence-electron chi connectivity index (χ3n) is 9.35. The highest BCUT2D eigenvalue weighted by Gasteiger charge is 2.30. The van der Waals surface area contributed by atoms with Crippen LogP contribution in [0.15, 0.2) is 158 Å². The van der Waals surface area contributed by atoms with Crippen LogP contribution in [0.1, 0.15) is 16.7 Å². The summed E-state index contributed by atoms with van der Waals surface area (Å²) in [4.78, 5) is 0. The van der Waals surface area contributed by atoms with E-state index in [0.29, 0.717) is 0 Å². The van der Waals surface area contributed by atoms with Crippen LogP contribution in [-0.4, -0.2) is 0 Å². The molecule has 4 aromatic heterocycles. The number of hydrogen-bond acceptors (Lipinski definition) is 1. The Bertz CT molecular complexity index is 2520. The van der Waals surface area contributed by atoms with Gasteiger partial charge in [-0.05, 0) is 54.1 Å². The van der Waals surface area contributed by atoms with Gasteiger partial charge in [0.05, 0.1) is 22.3 Å². The molecule has 0 fully saturated rings. The van der Waals surface area contributed by atoms with E-state index < -0.39 is 0 Å². The van der Waals surface area contributed by atoms with Crippen molar-refractivity contribution in [2.75, 3.05) is 0 Å². The largest absolute Gasteiger partial charge is 0.219 e. The summed E-state index contributed by atoms with van der Waals surface area (Å²) in [5.74, 6) is 0. The van der Waals surface area contributed by atoms with Crippen LogP contribution in [-0.2, 0) is 13.6 Å². The number of benzene rings is 4. The minimum absolute atomic E-state index is 0.767. The van der Waals surface area contributed by atoms with Gasteiger partial charge in [-0.25, -0.2) is 4.57 Å². The number of hydrogen-bond donors (Lipinski definition) is 0. The van der Waals surface area contributed by atoms with Crippen LogP contribution in [0.3, 0.4) is 0 Å². The van der Waals surface area contributed by atoms with Crippen LogP contribution in [0, 0.1) is 0 Å². The first-order valence-electron chi connectivity index (χ1n) is 16.0. The second kappa shape index (κ2) is 11.3. The van der Waals surface area contributed by atoms with Crippen LogP contribution in [0.4, 0.5) is 0 Å². The molecule has 0 saturated carbocycles. The molecule has 0 bridgehead atoms. The molecule has 8 aromatic rings. The molecule has 0 amide bonds. The van der Waals surface area contributed by atoms with Gasteiger partial charge in [0.1, 0.15) is 7.05 Å². The summed E-state index contributed by atoms with van der Waals surface area (Å²) in [7, 11) is 2.14. The number of nitrogens with zero attached hydrogens (tertiary/aromatic N) is 3. The summed E-state index contributed by atoms with van der Waals surface area (Å²) in [6.45, 7) is 0.767. The Kier molecular flexibility index (Phi) is 6.61. The molecule has 9 rings (SSSR count). The molecule has 4 heteroatoms. The molecule has 0 saturated heterocycles. The van der Waals surface area contributed by atoms with E-state index in [4.69, 9.17) is 0 Å². The summed E-state index contributed by atoms with van der Waals surface area (Å²) < 4.78 is 9.61. The second-order valence-corrected chi connectivity index (χ2v) is 13.2. The van der Waals surface area contributed by atoms with Gasteiger partial charge >= 0.3 is 0 Å². The van der Waals surface area contributed by atoms with Gasteiger partial charge in [-0.1, -0.05) is 54.6 Å². The summed E-state index contributed by atoms with van der Waals surface area (Å²) >= 11 is 1.87. The lowest BCUT2D eigenvalue weighted by Crippen LogP contribution is -2.38. The molecule has 0 radical (unpaired) electrons. The molecule has 4 aromatic carbocycles. The van der Waals surface area contributed by atoms with Crippen LogP contribution in [0.25, 0.3) is 65.7 Å². The predicted molar refractivity (Wildman–Crippen MR) is 192 cm³/mol. The molecule has 1 aliphatic rings. The Balaban J connectivity index is 1.45. The number of fused-ring (bicyclic) bond motifs is 9. The average Bonchev–Trinajstić information content (AvgIpc) is 3.48. The van der Waals surface area contributed by atoms with Crippen molar-refractivity contribution in [3.8, 4) is 33.8 Å². The van der Waals surface area contributed by atoms with Crippen LogP contribution in [0.2, 0.25) is 0 Å². The number of aromatic nitrogens is 3. The highest BCUT2D eigenvalue weighted by Crippen LogP contribution is 2.40. The van der Waals surface area contributed by atoms with Crippen molar-refractivity contribution in [2.45, 2.75) is 6.54 Å². The van der Waals surface area contributed by atoms with E-state index in [1.807, 2.05) is 11.3 Å². The Labute approximate surface area is 278 Å². The smallest absolute Gasteiger partial charge is 0.201 e. The van der Waals surface area contributed by atoms with Crippen LogP contribution in [0.5, 0.6) is 0 Å². The minimum atomic E-state index is 0.767. The maximum atomic E-state index is 2.43. The van der Waals surface area contributed by atoms with Crippen molar-refractivity contribution in [2.24, 2.45) is 7.05 Å². The number of thiophene rings is 1. The van der Waals surface area contributed by atoms with Crippen molar-refractivity contribution in [1.29, 1.82) is 0 Å². The van der Waals surface area contributed by atoms with Crippen LogP contribution >= 0.6 is 11.3 Å². The second-order valence-electron chi connectivity index (χ2n) is 12.1. The molecule has 0 atom stereocenters. The molecule has 0 spiro atoms. The molecular formula is C43H32N3S+3. The van der Waals surface area contributed by atoms with Crippen molar-refractivity contribution < 1.29 is 13.7 Å². The molecule has 222 valence electrons. The van der Waals surface area contributed by atoms with E-state index in [9.17, 15) is 0 Å². The quantitative estimate of drug-likeness (QED) is 0.171. The van der Waals surface area contributed by atoms with E-state index in [2.05, 4.69) is 185 Å². The van der Waals surface area contributed by atoms with Crippen molar-refractivity contribution in [3.05, 3.63) is 175 Å². The summed E-state index contributed by atoms with van der Waals surface area (Å²) in [5, 5.41) is 2.58. The number of aryl methyl sites for hydroxylation is 1. The van der Waals surface area contributed by atoms with E-state index in [1.54, 1.807) is 0 Å². The van der Waals surface area contributed by atoms with E-state index >= 15 is 0 Å². The lowest BCUT2D eigenvalue weighted by molar-refractivity contribution is -0.677. The molecular weight excluding hydrogens is 591 g/mol. The zero-order chi connectivity index (χ0) is 31.3. The lowest BCUT2D eigenvalue weighted by atomic mass is 9.94. The third-order valence-corrected chi connectivity index (χ3v) is 10.5. The molecule has 0 unspecified atom stereocenters. The van der Waals surface area contributed by atoms with Crippen molar-refractivity contribution >= 4 is 43.3 Å². The first kappa shape index (κ1) is 27.6. The molecule has 47 heavy (non-hydrogen) atoms. The van der Waals surface area contributed by atoms with Crippen LogP contribution < -0.4 is 13.7 Å². The fourth-order valence-electron chi connectivity index (χ4n) is 7.10. The fourth-order valence-corrected chi connectivity index (χ4v) is 8.23. The van der Waals surface area contributed by atoms with Gasteiger partial charge in [0, 0.05) is 68.2 Å². The monoisotopic (exact) mass is 622 g/mol.